The molecular formula is C21H26FN3OS. The molecule has 1 fully saturated rings. The topological polar surface area (TPSA) is 38.1 Å². The van der Waals surface area contributed by atoms with E-state index >= 15 is 0 Å². The highest BCUT2D eigenvalue weighted by molar-refractivity contribution is 8.00. The quantitative estimate of drug-likeness (QED) is 0.700. The first-order valence-electron chi connectivity index (χ1n) is 9.83. The maximum Gasteiger partial charge on any atom is 0.233 e. The Morgan fingerprint density at radius 2 is 1.96 bits per heavy atom. The molecule has 0 radical (unpaired) electrons. The maximum atomic E-state index is 13.1. The number of carbonyl (C=O) groups is 1. The number of aryl methyl sites for hydroxylation is 1. The number of nitrogens with zero attached hydrogens (tertiary/aromatic N) is 3. The van der Waals surface area contributed by atoms with E-state index in [1.165, 1.54) is 54.4 Å². The number of hydrogen-bond donors (Lipinski definition) is 0. The zero-order valence-electron chi connectivity index (χ0n) is 15.8. The van der Waals surface area contributed by atoms with Crippen LogP contribution >= 0.6 is 11.8 Å². The molecule has 1 saturated carbocycles. The molecule has 144 valence electrons. The predicted octanol–water partition coefficient (Wildman–Crippen LogP) is 4.11. The van der Waals surface area contributed by atoms with Crippen molar-refractivity contribution in [3.05, 3.63) is 47.0 Å². The maximum absolute atomic E-state index is 13.1. The third-order valence-electron chi connectivity index (χ3n) is 5.78. The third-order valence-corrected chi connectivity index (χ3v) is 6.78. The molecule has 6 heteroatoms. The van der Waals surface area contributed by atoms with Crippen LogP contribution < -0.4 is 0 Å². The van der Waals surface area contributed by atoms with Gasteiger partial charge >= 0.3 is 0 Å². The number of carbonyl (C=O) groups excluding carboxylic acids is 1. The van der Waals surface area contributed by atoms with E-state index in [0.29, 0.717) is 18.3 Å². The molecule has 2 aliphatic rings. The van der Waals surface area contributed by atoms with Crippen molar-refractivity contribution in [2.75, 3.05) is 5.75 Å². The number of amides is 1. The molecule has 0 spiro atoms. The van der Waals surface area contributed by atoms with E-state index in [-0.39, 0.29) is 11.7 Å². The van der Waals surface area contributed by atoms with Crippen molar-refractivity contribution >= 4 is 17.7 Å². The Kier molecular flexibility index (Phi) is 5.53. The largest absolute Gasteiger partial charge is 0.333 e. The number of fused-ring (bicyclic) bond motifs is 1. The van der Waals surface area contributed by atoms with E-state index in [9.17, 15) is 9.18 Å². The summed E-state index contributed by atoms with van der Waals surface area (Å²) in [6.07, 6.45) is 7.92. The average Bonchev–Trinajstić information content (AvgIpc) is 3.40. The van der Waals surface area contributed by atoms with Gasteiger partial charge < -0.3 is 4.90 Å². The van der Waals surface area contributed by atoms with Gasteiger partial charge in [-0.25, -0.2) is 4.39 Å². The van der Waals surface area contributed by atoms with Gasteiger partial charge in [-0.05, 0) is 61.9 Å². The smallest absolute Gasteiger partial charge is 0.233 e. The van der Waals surface area contributed by atoms with E-state index in [1.807, 2.05) is 11.7 Å². The van der Waals surface area contributed by atoms with Gasteiger partial charge in [-0.1, -0.05) is 12.8 Å². The highest BCUT2D eigenvalue weighted by Gasteiger charge is 2.30. The minimum atomic E-state index is -0.248. The Balaban J connectivity index is 1.48. The fourth-order valence-electron chi connectivity index (χ4n) is 4.38. The number of halogens is 1. The summed E-state index contributed by atoms with van der Waals surface area (Å²) in [5.74, 6) is 0.299. The van der Waals surface area contributed by atoms with E-state index < -0.39 is 0 Å². The molecule has 4 rings (SSSR count). The van der Waals surface area contributed by atoms with Crippen molar-refractivity contribution < 1.29 is 9.18 Å². The molecule has 0 saturated heterocycles. The molecule has 0 atom stereocenters. The second-order valence-corrected chi connectivity index (χ2v) is 8.60. The van der Waals surface area contributed by atoms with Crippen LogP contribution in [0.3, 0.4) is 0 Å². The van der Waals surface area contributed by atoms with Crippen LogP contribution in [0.15, 0.2) is 29.2 Å². The molecule has 1 amide bonds. The van der Waals surface area contributed by atoms with Gasteiger partial charge in [-0.3, -0.25) is 9.48 Å². The molecule has 4 nitrogen and oxygen atoms in total. The first-order valence-corrected chi connectivity index (χ1v) is 10.8. The van der Waals surface area contributed by atoms with Gasteiger partial charge in [0.05, 0.1) is 18.0 Å². The number of thioether (sulfide) groups is 1. The van der Waals surface area contributed by atoms with Gasteiger partial charge in [-0.15, -0.1) is 11.8 Å². The van der Waals surface area contributed by atoms with Crippen molar-refractivity contribution in [3.63, 3.8) is 0 Å². The van der Waals surface area contributed by atoms with Crippen molar-refractivity contribution in [3.8, 4) is 0 Å². The van der Waals surface area contributed by atoms with Crippen LogP contribution in [-0.2, 0) is 31.2 Å². The zero-order chi connectivity index (χ0) is 18.8. The summed E-state index contributed by atoms with van der Waals surface area (Å²) in [6, 6.07) is 6.68. The third kappa shape index (κ3) is 4.05. The number of benzene rings is 1. The summed E-state index contributed by atoms with van der Waals surface area (Å²) in [5, 5.41) is 4.73. The van der Waals surface area contributed by atoms with Crippen molar-refractivity contribution in [1.82, 2.24) is 14.7 Å². The molecule has 1 aromatic carbocycles. The van der Waals surface area contributed by atoms with Gasteiger partial charge in [0, 0.05) is 23.7 Å². The normalized spacial score (nSPS) is 16.7. The SMILES string of the molecule is Cn1nc(CN(C(=O)CSc2ccc(F)cc2)C2CCCC2)c2c1CCC2. The fourth-order valence-corrected chi connectivity index (χ4v) is 5.17. The predicted molar refractivity (Wildman–Crippen MR) is 105 cm³/mol. The standard InChI is InChI=1S/C21H26FN3OS/c1-24-20-8-4-7-18(20)19(23-24)13-25(16-5-2-3-6-16)21(26)14-27-17-11-9-15(22)10-12-17/h9-12,16H,2-8,13-14H2,1H3. The van der Waals surface area contributed by atoms with Crippen LogP contribution in [-0.4, -0.2) is 32.4 Å². The second kappa shape index (κ2) is 8.05. The number of hydrogen-bond acceptors (Lipinski definition) is 3. The van der Waals surface area contributed by atoms with Gasteiger partial charge in [0.15, 0.2) is 0 Å². The number of rotatable bonds is 6. The molecule has 27 heavy (non-hydrogen) atoms. The van der Waals surface area contributed by atoms with Crippen molar-refractivity contribution in [2.45, 2.75) is 62.4 Å². The van der Waals surface area contributed by atoms with Crippen molar-refractivity contribution in [1.29, 1.82) is 0 Å². The summed E-state index contributed by atoms with van der Waals surface area (Å²) in [4.78, 5) is 16.1. The van der Waals surface area contributed by atoms with Crippen LogP contribution in [0.2, 0.25) is 0 Å². The Morgan fingerprint density at radius 3 is 2.70 bits per heavy atom. The highest BCUT2D eigenvalue weighted by Crippen LogP contribution is 2.30. The van der Waals surface area contributed by atoms with Crippen molar-refractivity contribution in [2.24, 2.45) is 7.05 Å². The summed E-state index contributed by atoms with van der Waals surface area (Å²) >= 11 is 1.48. The first-order chi connectivity index (χ1) is 13.1. The molecule has 0 aliphatic heterocycles. The first kappa shape index (κ1) is 18.5. The van der Waals surface area contributed by atoms with E-state index in [4.69, 9.17) is 5.10 Å². The van der Waals surface area contributed by atoms with Gasteiger partial charge in [0.1, 0.15) is 5.82 Å². The lowest BCUT2D eigenvalue weighted by Crippen LogP contribution is -2.39. The monoisotopic (exact) mass is 387 g/mol. The molecule has 2 aromatic rings. The van der Waals surface area contributed by atoms with E-state index in [2.05, 4.69) is 4.90 Å². The highest BCUT2D eigenvalue weighted by atomic mass is 32.2. The summed E-state index contributed by atoms with van der Waals surface area (Å²) in [6.45, 7) is 0.622. The lowest BCUT2D eigenvalue weighted by atomic mass is 10.1. The Labute approximate surface area is 164 Å². The van der Waals surface area contributed by atoms with E-state index in [0.717, 1.165) is 36.3 Å². The second-order valence-electron chi connectivity index (χ2n) is 7.55. The van der Waals surface area contributed by atoms with Crippen LogP contribution in [0.25, 0.3) is 0 Å². The minimum absolute atomic E-state index is 0.161. The lowest BCUT2D eigenvalue weighted by Gasteiger charge is -2.28. The molecule has 0 N–H and O–H groups in total. The van der Waals surface area contributed by atoms with Gasteiger partial charge in [0.2, 0.25) is 5.91 Å². The fraction of sp³-hybridized carbons (Fsp3) is 0.524. The summed E-state index contributed by atoms with van der Waals surface area (Å²) in [5.41, 5.74) is 3.78. The Bertz CT molecular complexity index is 812. The average molecular weight is 388 g/mol. The molecule has 0 bridgehead atoms. The lowest BCUT2D eigenvalue weighted by molar-refractivity contribution is -0.131. The Hall–Kier alpha value is -1.82. The minimum Gasteiger partial charge on any atom is -0.333 e. The van der Waals surface area contributed by atoms with Crippen LogP contribution in [0, 0.1) is 5.82 Å². The molecule has 1 heterocycles. The Morgan fingerprint density at radius 1 is 1.22 bits per heavy atom. The summed E-state index contributed by atoms with van der Waals surface area (Å²) in [7, 11) is 2.01. The zero-order valence-corrected chi connectivity index (χ0v) is 16.6. The molecule has 2 aliphatic carbocycles. The summed E-state index contributed by atoms with van der Waals surface area (Å²) < 4.78 is 15.1. The van der Waals surface area contributed by atoms with Gasteiger partial charge in [-0.2, -0.15) is 5.10 Å². The molecule has 1 aromatic heterocycles. The number of aromatic nitrogens is 2. The molecule has 0 unspecified atom stereocenters. The van der Waals surface area contributed by atoms with Crippen LogP contribution in [0.1, 0.15) is 49.1 Å². The molecular weight excluding hydrogens is 361 g/mol. The van der Waals surface area contributed by atoms with Crippen LogP contribution in [0.5, 0.6) is 0 Å². The van der Waals surface area contributed by atoms with E-state index in [1.54, 1.807) is 12.1 Å². The van der Waals surface area contributed by atoms with Gasteiger partial charge in [0.25, 0.3) is 0 Å². The van der Waals surface area contributed by atoms with Crippen LogP contribution in [0.4, 0.5) is 4.39 Å².